The Morgan fingerprint density at radius 2 is 2.32 bits per heavy atom. The zero-order valence-electron chi connectivity index (χ0n) is 12.7. The van der Waals surface area contributed by atoms with E-state index in [0.717, 1.165) is 49.3 Å². The molecule has 6 heteroatoms. The summed E-state index contributed by atoms with van der Waals surface area (Å²) >= 11 is 0. The molecule has 3 rings (SSSR count). The van der Waals surface area contributed by atoms with Gasteiger partial charge < -0.3 is 14.9 Å². The number of carbonyl (C=O) groups excluding carboxylic acids is 1. The predicted molar refractivity (Wildman–Crippen MR) is 83.0 cm³/mol. The Hall–Kier alpha value is -2.37. The lowest BCUT2D eigenvalue weighted by molar-refractivity contribution is 0.0951. The topological polar surface area (TPSA) is 79.8 Å². The number of amides is 1. The van der Waals surface area contributed by atoms with Crippen LogP contribution in [0, 0.1) is 6.92 Å². The summed E-state index contributed by atoms with van der Waals surface area (Å²) in [5.41, 5.74) is 2.01. The van der Waals surface area contributed by atoms with Crippen molar-refractivity contribution in [2.75, 3.05) is 6.54 Å². The maximum absolute atomic E-state index is 12.1. The molecule has 0 bridgehead atoms. The van der Waals surface area contributed by atoms with E-state index in [9.17, 15) is 9.59 Å². The van der Waals surface area contributed by atoms with Crippen molar-refractivity contribution in [3.8, 4) is 0 Å². The summed E-state index contributed by atoms with van der Waals surface area (Å²) in [6.07, 6.45) is 7.36. The second-order valence-electron chi connectivity index (χ2n) is 5.65. The maximum atomic E-state index is 12.1. The fraction of sp³-hybridized carbons (Fsp3) is 0.438. The lowest BCUT2D eigenvalue weighted by Gasteiger charge is -2.08. The van der Waals surface area contributed by atoms with Gasteiger partial charge in [0.05, 0.1) is 0 Å². The first-order valence-corrected chi connectivity index (χ1v) is 7.66. The third-order valence-electron chi connectivity index (χ3n) is 4.12. The quantitative estimate of drug-likeness (QED) is 0.814. The second-order valence-corrected chi connectivity index (χ2v) is 5.65. The second kappa shape index (κ2) is 6.17. The largest absolute Gasteiger partial charge is 0.352 e. The summed E-state index contributed by atoms with van der Waals surface area (Å²) in [6.45, 7) is 3.28. The molecule has 2 aromatic heterocycles. The third-order valence-corrected chi connectivity index (χ3v) is 4.12. The highest BCUT2D eigenvalue weighted by Crippen LogP contribution is 2.18. The maximum Gasteiger partial charge on any atom is 0.261 e. The minimum absolute atomic E-state index is 0.222. The molecule has 116 valence electrons. The van der Waals surface area contributed by atoms with E-state index in [1.165, 1.54) is 0 Å². The fourth-order valence-corrected chi connectivity index (χ4v) is 2.87. The molecule has 0 saturated heterocycles. The van der Waals surface area contributed by atoms with Gasteiger partial charge in [-0.2, -0.15) is 0 Å². The molecule has 0 spiro atoms. The van der Waals surface area contributed by atoms with Crippen LogP contribution in [0.15, 0.2) is 23.3 Å². The van der Waals surface area contributed by atoms with Crippen LogP contribution < -0.4 is 10.9 Å². The number of carbonyl (C=O) groups is 1. The number of pyridine rings is 1. The van der Waals surface area contributed by atoms with E-state index in [2.05, 4.69) is 15.3 Å². The predicted octanol–water partition coefficient (Wildman–Crippen LogP) is 1.19. The van der Waals surface area contributed by atoms with Crippen molar-refractivity contribution in [1.29, 1.82) is 0 Å². The van der Waals surface area contributed by atoms with Gasteiger partial charge in [0.15, 0.2) is 0 Å². The monoisotopic (exact) mass is 300 g/mol. The Labute approximate surface area is 128 Å². The average molecular weight is 300 g/mol. The zero-order valence-corrected chi connectivity index (χ0v) is 12.7. The van der Waals surface area contributed by atoms with Crippen molar-refractivity contribution in [2.45, 2.75) is 39.2 Å². The number of aromatic amines is 1. The highest BCUT2D eigenvalue weighted by Gasteiger charge is 2.17. The molecule has 1 aliphatic carbocycles. The van der Waals surface area contributed by atoms with E-state index < -0.39 is 0 Å². The normalized spacial score (nSPS) is 13.1. The smallest absolute Gasteiger partial charge is 0.261 e. The van der Waals surface area contributed by atoms with Crippen LogP contribution in [0.5, 0.6) is 0 Å². The van der Waals surface area contributed by atoms with Gasteiger partial charge in [-0.3, -0.25) is 9.59 Å². The van der Waals surface area contributed by atoms with Crippen LogP contribution in [-0.4, -0.2) is 27.0 Å². The van der Waals surface area contributed by atoms with Gasteiger partial charge in [-0.25, -0.2) is 4.98 Å². The number of hydrogen-bond donors (Lipinski definition) is 2. The molecule has 0 radical (unpaired) electrons. The molecule has 2 N–H and O–H groups in total. The lowest BCUT2D eigenvalue weighted by atomic mass is 10.1. The van der Waals surface area contributed by atoms with Gasteiger partial charge in [-0.05, 0) is 44.2 Å². The Morgan fingerprint density at radius 1 is 1.45 bits per heavy atom. The summed E-state index contributed by atoms with van der Waals surface area (Å²) in [6, 6.07) is 1.75. The summed E-state index contributed by atoms with van der Waals surface area (Å²) in [5.74, 6) is 0.666. The number of nitrogens with zero attached hydrogens (tertiary/aromatic N) is 2. The van der Waals surface area contributed by atoms with Crippen molar-refractivity contribution < 1.29 is 4.79 Å². The van der Waals surface area contributed by atoms with E-state index in [-0.39, 0.29) is 17.0 Å². The summed E-state index contributed by atoms with van der Waals surface area (Å²) in [5, 5.41) is 2.82. The Bertz CT molecular complexity index is 745. The summed E-state index contributed by atoms with van der Waals surface area (Å²) < 4.78 is 2.04. The van der Waals surface area contributed by atoms with Crippen molar-refractivity contribution in [3.05, 3.63) is 51.5 Å². The Morgan fingerprint density at radius 3 is 3.09 bits per heavy atom. The first-order chi connectivity index (χ1) is 10.6. The van der Waals surface area contributed by atoms with E-state index in [1.54, 1.807) is 12.3 Å². The first-order valence-electron chi connectivity index (χ1n) is 7.66. The molecular formula is C16H20N4O2. The van der Waals surface area contributed by atoms with Crippen molar-refractivity contribution in [2.24, 2.45) is 0 Å². The highest BCUT2D eigenvalue weighted by molar-refractivity contribution is 5.94. The molecule has 0 fully saturated rings. The molecule has 1 aliphatic rings. The van der Waals surface area contributed by atoms with Crippen LogP contribution in [0.4, 0.5) is 0 Å². The van der Waals surface area contributed by atoms with Crippen molar-refractivity contribution in [1.82, 2.24) is 19.9 Å². The highest BCUT2D eigenvalue weighted by atomic mass is 16.2. The minimum Gasteiger partial charge on any atom is -0.352 e. The molecule has 0 saturated carbocycles. The summed E-state index contributed by atoms with van der Waals surface area (Å²) in [7, 11) is 0. The number of fused-ring (bicyclic) bond motifs is 1. The number of aryl methyl sites for hydroxylation is 4. The Balaban J connectivity index is 1.56. The fourth-order valence-electron chi connectivity index (χ4n) is 2.87. The third kappa shape index (κ3) is 2.95. The van der Waals surface area contributed by atoms with E-state index in [1.807, 2.05) is 17.7 Å². The van der Waals surface area contributed by atoms with Crippen LogP contribution in [0.3, 0.4) is 0 Å². The van der Waals surface area contributed by atoms with Gasteiger partial charge in [-0.15, -0.1) is 0 Å². The molecule has 2 heterocycles. The number of imidazole rings is 1. The average Bonchev–Trinajstić information content (AvgIpc) is 3.11. The number of H-pyrrole nitrogens is 1. The van der Waals surface area contributed by atoms with Gasteiger partial charge in [0.2, 0.25) is 0 Å². The first kappa shape index (κ1) is 14.6. The molecule has 1 amide bonds. The van der Waals surface area contributed by atoms with Crippen LogP contribution >= 0.6 is 0 Å². The van der Waals surface area contributed by atoms with Crippen molar-refractivity contribution in [3.63, 3.8) is 0 Å². The SMILES string of the molecule is Cc1nccn1CCCNC(=O)c1cc2c([nH]c1=O)CCC2. The van der Waals surface area contributed by atoms with Gasteiger partial charge in [0.1, 0.15) is 11.4 Å². The van der Waals surface area contributed by atoms with Crippen LogP contribution in [-0.2, 0) is 19.4 Å². The van der Waals surface area contributed by atoms with E-state index in [4.69, 9.17) is 0 Å². The molecule has 0 aromatic carbocycles. The van der Waals surface area contributed by atoms with Gasteiger partial charge in [0, 0.05) is 31.2 Å². The molecule has 6 nitrogen and oxygen atoms in total. The molecule has 22 heavy (non-hydrogen) atoms. The van der Waals surface area contributed by atoms with Crippen LogP contribution in [0.2, 0.25) is 0 Å². The minimum atomic E-state index is -0.293. The van der Waals surface area contributed by atoms with Gasteiger partial charge >= 0.3 is 0 Å². The number of nitrogens with one attached hydrogen (secondary N) is 2. The molecular weight excluding hydrogens is 280 g/mol. The molecule has 0 atom stereocenters. The Kier molecular flexibility index (Phi) is 4.09. The summed E-state index contributed by atoms with van der Waals surface area (Å²) in [4.78, 5) is 31.1. The number of rotatable bonds is 5. The zero-order chi connectivity index (χ0) is 15.5. The molecule has 2 aromatic rings. The van der Waals surface area contributed by atoms with Crippen molar-refractivity contribution >= 4 is 5.91 Å². The number of hydrogen-bond acceptors (Lipinski definition) is 3. The van der Waals surface area contributed by atoms with E-state index >= 15 is 0 Å². The van der Waals surface area contributed by atoms with Crippen LogP contribution in [0.25, 0.3) is 0 Å². The van der Waals surface area contributed by atoms with E-state index in [0.29, 0.717) is 6.54 Å². The number of aromatic nitrogens is 3. The molecule has 0 aliphatic heterocycles. The van der Waals surface area contributed by atoms with Gasteiger partial charge in [0.25, 0.3) is 11.5 Å². The van der Waals surface area contributed by atoms with Crippen LogP contribution in [0.1, 0.15) is 40.3 Å². The molecule has 0 unspecified atom stereocenters. The standard InChI is InChI=1S/C16H20N4O2/c1-11-17-7-9-20(11)8-3-6-18-15(21)13-10-12-4-2-5-14(12)19-16(13)22/h7,9-10H,2-6,8H2,1H3,(H,18,21)(H,19,22). The van der Waals surface area contributed by atoms with Gasteiger partial charge in [-0.1, -0.05) is 0 Å². The lowest BCUT2D eigenvalue weighted by Crippen LogP contribution is -2.31.